The Bertz CT molecular complexity index is 3470. The van der Waals surface area contributed by atoms with Crippen molar-refractivity contribution in [3.8, 4) is 50.7 Å². The summed E-state index contributed by atoms with van der Waals surface area (Å²) in [5.74, 6) is 0.704. The third-order valence-corrected chi connectivity index (χ3v) is 14.0. The van der Waals surface area contributed by atoms with Gasteiger partial charge in [-0.15, -0.1) is 0 Å². The van der Waals surface area contributed by atoms with Gasteiger partial charge in [-0.1, -0.05) is 182 Å². The van der Waals surface area contributed by atoms with Gasteiger partial charge in [-0.05, 0) is 81.2 Å². The van der Waals surface area contributed by atoms with Crippen LogP contribution < -0.4 is 0 Å². The first-order chi connectivity index (χ1) is 30.3. The maximum absolute atomic E-state index is 5.27. The van der Waals surface area contributed by atoms with Gasteiger partial charge in [0.05, 0.1) is 33.5 Å². The molecular weight excluding hydrogens is 759 g/mol. The van der Waals surface area contributed by atoms with Gasteiger partial charge in [-0.25, -0.2) is 9.97 Å². The number of hydrogen-bond acceptors (Lipinski definition) is 3. The fourth-order valence-corrected chi connectivity index (χ4v) is 11.5. The summed E-state index contributed by atoms with van der Waals surface area (Å²) in [4.78, 5) is 13.1. The molecule has 2 aliphatic rings. The first-order valence-corrected chi connectivity index (χ1v) is 21.6. The first kappa shape index (κ1) is 34.3. The molecule has 11 aromatic rings. The van der Waals surface area contributed by atoms with Crippen molar-refractivity contribution < 1.29 is 0 Å². The van der Waals surface area contributed by atoms with Crippen LogP contribution >= 0.6 is 11.8 Å². The molecule has 0 N–H and O–H groups in total. The summed E-state index contributed by atoms with van der Waals surface area (Å²) in [6.07, 6.45) is 0. The highest BCUT2D eigenvalue weighted by Gasteiger charge is 2.50. The molecule has 0 fully saturated rings. The number of aromatic nitrogens is 3. The van der Waals surface area contributed by atoms with Crippen LogP contribution in [0.1, 0.15) is 22.3 Å². The van der Waals surface area contributed by atoms with Crippen molar-refractivity contribution in [3.05, 3.63) is 235 Å². The molecular formula is C57H35N3S. The quantitative estimate of drug-likeness (QED) is 0.178. The van der Waals surface area contributed by atoms with Gasteiger partial charge in [-0.3, -0.25) is 0 Å². The van der Waals surface area contributed by atoms with Crippen molar-refractivity contribution in [1.82, 2.24) is 14.5 Å². The van der Waals surface area contributed by atoms with E-state index in [1.54, 1.807) is 0 Å². The lowest BCUT2D eigenvalue weighted by Crippen LogP contribution is -2.32. The third-order valence-electron chi connectivity index (χ3n) is 12.9. The molecule has 61 heavy (non-hydrogen) atoms. The van der Waals surface area contributed by atoms with Crippen molar-refractivity contribution in [3.63, 3.8) is 0 Å². The largest absolute Gasteiger partial charge is 0.309 e. The van der Waals surface area contributed by atoms with Gasteiger partial charge in [0.1, 0.15) is 0 Å². The van der Waals surface area contributed by atoms with Crippen LogP contribution in [0.4, 0.5) is 0 Å². The van der Waals surface area contributed by atoms with Gasteiger partial charge in [0.15, 0.2) is 5.82 Å². The Kier molecular flexibility index (Phi) is 7.45. The van der Waals surface area contributed by atoms with Crippen LogP contribution in [0.5, 0.6) is 0 Å². The summed E-state index contributed by atoms with van der Waals surface area (Å²) in [5.41, 5.74) is 15.9. The monoisotopic (exact) mass is 793 g/mol. The Balaban J connectivity index is 1.08. The Morgan fingerprint density at radius 1 is 0.361 bits per heavy atom. The predicted molar refractivity (Wildman–Crippen MR) is 252 cm³/mol. The summed E-state index contributed by atoms with van der Waals surface area (Å²) >= 11 is 1.90. The molecule has 4 heteroatoms. The molecule has 0 bridgehead atoms. The van der Waals surface area contributed by atoms with Gasteiger partial charge in [0, 0.05) is 42.6 Å². The fraction of sp³-hybridized carbons (Fsp3) is 0.0175. The summed E-state index contributed by atoms with van der Waals surface area (Å²) in [6.45, 7) is 0. The number of benzene rings is 9. The van der Waals surface area contributed by atoms with E-state index in [1.165, 1.54) is 65.0 Å². The molecule has 0 amide bonds. The maximum Gasteiger partial charge on any atom is 0.161 e. The molecule has 1 spiro atoms. The van der Waals surface area contributed by atoms with E-state index in [-0.39, 0.29) is 0 Å². The van der Waals surface area contributed by atoms with Crippen molar-refractivity contribution >= 4 is 44.3 Å². The van der Waals surface area contributed by atoms with Crippen LogP contribution in [-0.2, 0) is 5.41 Å². The number of rotatable bonds is 4. The minimum Gasteiger partial charge on any atom is -0.309 e. The molecule has 0 saturated heterocycles. The van der Waals surface area contributed by atoms with Crippen LogP contribution in [0.2, 0.25) is 0 Å². The smallest absolute Gasteiger partial charge is 0.161 e. The molecule has 13 rings (SSSR count). The minimum atomic E-state index is -0.469. The lowest BCUT2D eigenvalue weighted by molar-refractivity contribution is 0.724. The number of fused-ring (bicyclic) bond motifs is 13. The first-order valence-electron chi connectivity index (χ1n) is 20.8. The topological polar surface area (TPSA) is 30.7 Å². The van der Waals surface area contributed by atoms with E-state index >= 15 is 0 Å². The van der Waals surface area contributed by atoms with Gasteiger partial charge >= 0.3 is 0 Å². The van der Waals surface area contributed by atoms with Crippen molar-refractivity contribution in [2.75, 3.05) is 0 Å². The van der Waals surface area contributed by atoms with E-state index in [2.05, 4.69) is 205 Å². The normalized spacial score (nSPS) is 13.3. The van der Waals surface area contributed by atoms with Gasteiger partial charge in [0.25, 0.3) is 0 Å². The molecule has 0 unspecified atom stereocenters. The summed E-state index contributed by atoms with van der Waals surface area (Å²) < 4.78 is 2.50. The van der Waals surface area contributed by atoms with Crippen LogP contribution in [0.3, 0.4) is 0 Å². The average Bonchev–Trinajstić information content (AvgIpc) is 3.81. The molecule has 1 aliphatic carbocycles. The van der Waals surface area contributed by atoms with Gasteiger partial charge < -0.3 is 4.57 Å². The Morgan fingerprint density at radius 3 is 1.61 bits per heavy atom. The SMILES string of the molecule is c1ccc(-c2cc(-c3ccccc3)nc(-c3ccc(-n4c5ccccc5c5cc6c(cc54)C4(c5ccccc5S6)c5ccccc5-c5ccccc54)c4ccccc34)n2)cc1. The predicted octanol–water partition coefficient (Wildman–Crippen LogP) is 14.6. The maximum atomic E-state index is 5.27. The van der Waals surface area contributed by atoms with Crippen molar-refractivity contribution in [2.45, 2.75) is 15.2 Å². The van der Waals surface area contributed by atoms with Crippen LogP contribution in [-0.4, -0.2) is 14.5 Å². The van der Waals surface area contributed by atoms with Crippen molar-refractivity contribution in [1.29, 1.82) is 0 Å². The van der Waals surface area contributed by atoms with Crippen LogP contribution in [0, 0.1) is 0 Å². The highest BCUT2D eigenvalue weighted by atomic mass is 32.2. The molecule has 1 aliphatic heterocycles. The summed E-state index contributed by atoms with van der Waals surface area (Å²) in [7, 11) is 0. The molecule has 9 aromatic carbocycles. The Morgan fingerprint density at radius 2 is 0.918 bits per heavy atom. The van der Waals surface area contributed by atoms with E-state index < -0.39 is 5.41 Å². The van der Waals surface area contributed by atoms with E-state index in [9.17, 15) is 0 Å². The lowest BCUT2D eigenvalue weighted by Gasteiger charge is -2.39. The van der Waals surface area contributed by atoms with Gasteiger partial charge in [-0.2, -0.15) is 0 Å². The van der Waals surface area contributed by atoms with E-state index in [0.717, 1.165) is 44.5 Å². The van der Waals surface area contributed by atoms with Crippen molar-refractivity contribution in [2.24, 2.45) is 0 Å². The van der Waals surface area contributed by atoms with E-state index in [1.807, 2.05) is 23.9 Å². The fourth-order valence-electron chi connectivity index (χ4n) is 10.3. The molecule has 3 heterocycles. The Hall–Kier alpha value is -7.53. The Labute approximate surface area is 357 Å². The summed E-state index contributed by atoms with van der Waals surface area (Å²) in [5, 5.41) is 4.73. The van der Waals surface area contributed by atoms with E-state index in [4.69, 9.17) is 9.97 Å². The molecule has 2 aromatic heterocycles. The number of hydrogen-bond donors (Lipinski definition) is 0. The lowest BCUT2D eigenvalue weighted by atomic mass is 9.67. The van der Waals surface area contributed by atoms with Crippen LogP contribution in [0.15, 0.2) is 222 Å². The minimum absolute atomic E-state index is 0.469. The molecule has 284 valence electrons. The average molecular weight is 794 g/mol. The second kappa shape index (κ2) is 13.2. The molecule has 0 radical (unpaired) electrons. The zero-order chi connectivity index (χ0) is 40.1. The standard InChI is InChI=1S/C57H35N3S/c1-3-17-36(18-4-1)49-35-50(37-19-5-2-6-20-37)59-56(58-49)43-31-32-52(41-24-8-7-21-38(41)43)60-51-29-15-11-25-42(51)44-33-55-48(34-53(44)60)57(47-28-14-16-30-54(47)61-55)45-26-12-9-22-39(45)40-23-10-13-27-46(40)57/h1-35H. The van der Waals surface area contributed by atoms with Gasteiger partial charge in [0.2, 0.25) is 0 Å². The molecule has 0 saturated carbocycles. The zero-order valence-corrected chi connectivity index (χ0v) is 33.8. The zero-order valence-electron chi connectivity index (χ0n) is 33.0. The molecule has 0 atom stereocenters. The van der Waals surface area contributed by atoms with Crippen LogP contribution in [0.25, 0.3) is 83.3 Å². The highest BCUT2D eigenvalue weighted by molar-refractivity contribution is 7.99. The van der Waals surface area contributed by atoms with E-state index in [0.29, 0.717) is 5.82 Å². The number of nitrogens with zero attached hydrogens (tertiary/aromatic N) is 3. The third kappa shape index (κ3) is 4.94. The second-order valence-corrected chi connectivity index (χ2v) is 17.1. The molecule has 3 nitrogen and oxygen atoms in total. The number of para-hydroxylation sites is 1. The second-order valence-electron chi connectivity index (χ2n) is 16.0. The highest BCUT2D eigenvalue weighted by Crippen LogP contribution is 2.62. The summed E-state index contributed by atoms with van der Waals surface area (Å²) in [6, 6.07) is 77.2.